The van der Waals surface area contributed by atoms with E-state index in [1.54, 1.807) is 25.1 Å². The number of rotatable bonds is 4. The summed E-state index contributed by atoms with van der Waals surface area (Å²) in [5.74, 6) is -1.21. The van der Waals surface area contributed by atoms with Crippen LogP contribution in [0.15, 0.2) is 18.2 Å². The summed E-state index contributed by atoms with van der Waals surface area (Å²) in [5, 5.41) is 2.78. The van der Waals surface area contributed by atoms with Crippen LogP contribution in [0.25, 0.3) is 0 Å². The van der Waals surface area contributed by atoms with Crippen molar-refractivity contribution in [2.75, 3.05) is 6.79 Å². The van der Waals surface area contributed by atoms with E-state index in [0.29, 0.717) is 17.2 Å². The van der Waals surface area contributed by atoms with Crippen LogP contribution >= 0.6 is 0 Å². The number of carbonyl (C=O) groups is 1. The van der Waals surface area contributed by atoms with Crippen LogP contribution in [0.4, 0.5) is 8.78 Å². The second kappa shape index (κ2) is 6.22. The highest BCUT2D eigenvalue weighted by atomic mass is 19.3. The second-order valence-electron chi connectivity index (χ2n) is 5.91. The third-order valence-corrected chi connectivity index (χ3v) is 4.09. The topological polar surface area (TPSA) is 56.8 Å². The maximum atomic E-state index is 13.1. The highest BCUT2D eigenvalue weighted by Gasteiger charge is 2.35. The number of fused-ring (bicyclic) bond motifs is 1. The maximum absolute atomic E-state index is 13.1. The zero-order valence-electron chi connectivity index (χ0n) is 12.8. The summed E-state index contributed by atoms with van der Waals surface area (Å²) < 4.78 is 42.3. The molecule has 0 unspecified atom stereocenters. The molecular weight excluding hydrogens is 308 g/mol. The minimum absolute atomic E-state index is 0.168. The van der Waals surface area contributed by atoms with E-state index < -0.39 is 12.0 Å². The molecule has 1 amide bonds. The Morgan fingerprint density at radius 1 is 1.30 bits per heavy atom. The Morgan fingerprint density at radius 3 is 2.74 bits per heavy atom. The van der Waals surface area contributed by atoms with Crippen molar-refractivity contribution < 1.29 is 27.8 Å². The molecule has 1 saturated carbocycles. The molecule has 1 N–H and O–H groups in total. The SMILES string of the molecule is C[C@@H](Oc1ccc2c(c1)OCO2)C(=O)NC1CCC(F)(F)CC1. The van der Waals surface area contributed by atoms with Crippen molar-refractivity contribution in [2.24, 2.45) is 0 Å². The van der Waals surface area contributed by atoms with Gasteiger partial charge in [-0.1, -0.05) is 0 Å². The number of halogens is 2. The first-order chi connectivity index (χ1) is 10.9. The molecule has 5 nitrogen and oxygen atoms in total. The lowest BCUT2D eigenvalue weighted by Crippen LogP contribution is -2.45. The Balaban J connectivity index is 1.52. The number of hydrogen-bond acceptors (Lipinski definition) is 4. The summed E-state index contributed by atoms with van der Waals surface area (Å²) in [7, 11) is 0. The van der Waals surface area contributed by atoms with Crippen molar-refractivity contribution in [2.45, 2.75) is 50.7 Å². The Hall–Kier alpha value is -2.05. The Morgan fingerprint density at radius 2 is 2.00 bits per heavy atom. The van der Waals surface area contributed by atoms with Gasteiger partial charge in [0.15, 0.2) is 17.6 Å². The fourth-order valence-electron chi connectivity index (χ4n) is 2.71. The van der Waals surface area contributed by atoms with Gasteiger partial charge in [-0.05, 0) is 31.9 Å². The van der Waals surface area contributed by atoms with Gasteiger partial charge in [-0.2, -0.15) is 0 Å². The monoisotopic (exact) mass is 327 g/mol. The van der Waals surface area contributed by atoms with E-state index in [1.807, 2.05) is 0 Å². The van der Waals surface area contributed by atoms with E-state index in [1.165, 1.54) is 0 Å². The molecule has 0 saturated heterocycles. The van der Waals surface area contributed by atoms with Gasteiger partial charge in [-0.15, -0.1) is 0 Å². The minimum Gasteiger partial charge on any atom is -0.481 e. The average molecular weight is 327 g/mol. The molecule has 23 heavy (non-hydrogen) atoms. The fourth-order valence-corrected chi connectivity index (χ4v) is 2.71. The minimum atomic E-state index is -2.60. The fraction of sp³-hybridized carbons (Fsp3) is 0.562. The Kier molecular flexibility index (Phi) is 4.28. The molecule has 7 heteroatoms. The molecule has 1 aliphatic heterocycles. The predicted octanol–water partition coefficient (Wildman–Crippen LogP) is 2.88. The molecule has 0 aromatic heterocycles. The number of nitrogens with one attached hydrogen (secondary N) is 1. The number of amides is 1. The first-order valence-electron chi connectivity index (χ1n) is 7.67. The van der Waals surface area contributed by atoms with Crippen LogP contribution in [-0.4, -0.2) is 30.8 Å². The molecule has 0 spiro atoms. The summed E-state index contributed by atoms with van der Waals surface area (Å²) in [5.41, 5.74) is 0. The first kappa shape index (κ1) is 15.8. The molecule has 1 heterocycles. The largest absolute Gasteiger partial charge is 0.481 e. The molecule has 1 aliphatic carbocycles. The Labute approximate surface area is 132 Å². The van der Waals surface area contributed by atoms with E-state index in [4.69, 9.17) is 14.2 Å². The predicted molar refractivity (Wildman–Crippen MR) is 78.0 cm³/mol. The molecule has 3 rings (SSSR count). The number of hydrogen-bond donors (Lipinski definition) is 1. The summed E-state index contributed by atoms with van der Waals surface area (Å²) in [6.07, 6.45) is -0.520. The van der Waals surface area contributed by atoms with Crippen molar-refractivity contribution in [1.29, 1.82) is 0 Å². The van der Waals surface area contributed by atoms with E-state index in [9.17, 15) is 13.6 Å². The quantitative estimate of drug-likeness (QED) is 0.924. The second-order valence-corrected chi connectivity index (χ2v) is 5.91. The van der Waals surface area contributed by atoms with Crippen molar-refractivity contribution in [1.82, 2.24) is 5.32 Å². The zero-order valence-corrected chi connectivity index (χ0v) is 12.8. The molecule has 2 aliphatic rings. The van der Waals surface area contributed by atoms with Crippen LogP contribution in [0.5, 0.6) is 17.2 Å². The van der Waals surface area contributed by atoms with Gasteiger partial charge in [-0.25, -0.2) is 8.78 Å². The first-order valence-corrected chi connectivity index (χ1v) is 7.67. The van der Waals surface area contributed by atoms with Gasteiger partial charge < -0.3 is 19.5 Å². The lowest BCUT2D eigenvalue weighted by Gasteiger charge is -2.29. The third-order valence-electron chi connectivity index (χ3n) is 4.09. The van der Waals surface area contributed by atoms with Crippen molar-refractivity contribution in [3.05, 3.63) is 18.2 Å². The van der Waals surface area contributed by atoms with E-state index in [-0.39, 0.29) is 44.4 Å². The van der Waals surface area contributed by atoms with E-state index >= 15 is 0 Å². The zero-order chi connectivity index (χ0) is 16.4. The van der Waals surface area contributed by atoms with Crippen LogP contribution in [0.3, 0.4) is 0 Å². The van der Waals surface area contributed by atoms with E-state index in [0.717, 1.165) is 0 Å². The summed E-state index contributed by atoms with van der Waals surface area (Å²) in [6, 6.07) is 4.85. The van der Waals surface area contributed by atoms with Crippen LogP contribution in [-0.2, 0) is 4.79 Å². The number of ether oxygens (including phenoxy) is 3. The lowest BCUT2D eigenvalue weighted by atomic mass is 9.92. The average Bonchev–Trinajstić information content (AvgIpc) is 2.97. The van der Waals surface area contributed by atoms with Crippen LogP contribution in [0.1, 0.15) is 32.6 Å². The van der Waals surface area contributed by atoms with Gasteiger partial charge in [0, 0.05) is 24.9 Å². The highest BCUT2D eigenvalue weighted by Crippen LogP contribution is 2.35. The molecule has 1 aromatic carbocycles. The van der Waals surface area contributed by atoms with Crippen molar-refractivity contribution >= 4 is 5.91 Å². The number of carbonyl (C=O) groups excluding carboxylic acids is 1. The standard InChI is InChI=1S/C16H19F2NO4/c1-10(15(20)19-11-4-6-16(17,18)7-5-11)23-12-2-3-13-14(8-12)22-9-21-13/h2-3,8,10-11H,4-7,9H2,1H3,(H,19,20)/t10-/m1/s1. The lowest BCUT2D eigenvalue weighted by molar-refractivity contribution is -0.129. The summed E-state index contributed by atoms with van der Waals surface area (Å²) in [4.78, 5) is 12.1. The number of alkyl halides is 2. The molecule has 1 atom stereocenters. The molecule has 0 bridgehead atoms. The van der Waals surface area contributed by atoms with Gasteiger partial charge in [0.2, 0.25) is 12.7 Å². The van der Waals surface area contributed by atoms with Crippen LogP contribution in [0, 0.1) is 0 Å². The van der Waals surface area contributed by atoms with Crippen molar-refractivity contribution in [3.8, 4) is 17.2 Å². The normalized spacial score (nSPS) is 20.8. The van der Waals surface area contributed by atoms with Crippen LogP contribution in [0.2, 0.25) is 0 Å². The highest BCUT2D eigenvalue weighted by molar-refractivity contribution is 5.81. The smallest absolute Gasteiger partial charge is 0.260 e. The summed E-state index contributed by atoms with van der Waals surface area (Å²) in [6.45, 7) is 1.79. The van der Waals surface area contributed by atoms with E-state index in [2.05, 4.69) is 5.32 Å². The van der Waals surface area contributed by atoms with Gasteiger partial charge in [0.05, 0.1) is 0 Å². The molecular formula is C16H19F2NO4. The summed E-state index contributed by atoms with van der Waals surface area (Å²) >= 11 is 0. The van der Waals surface area contributed by atoms with Gasteiger partial charge >= 0.3 is 0 Å². The van der Waals surface area contributed by atoms with Crippen molar-refractivity contribution in [3.63, 3.8) is 0 Å². The van der Waals surface area contributed by atoms with Gasteiger partial charge in [0.1, 0.15) is 5.75 Å². The van der Waals surface area contributed by atoms with Gasteiger partial charge in [-0.3, -0.25) is 4.79 Å². The Bertz CT molecular complexity index is 583. The number of benzene rings is 1. The maximum Gasteiger partial charge on any atom is 0.260 e. The molecule has 1 fully saturated rings. The molecule has 1 aromatic rings. The molecule has 0 radical (unpaired) electrons. The third kappa shape index (κ3) is 3.83. The van der Waals surface area contributed by atoms with Gasteiger partial charge in [0.25, 0.3) is 5.91 Å². The van der Waals surface area contributed by atoms with Crippen LogP contribution < -0.4 is 19.5 Å². The molecule has 126 valence electrons.